The molecule has 0 spiro atoms. The molecule has 0 aliphatic carbocycles. The van der Waals surface area contributed by atoms with Crippen LogP contribution in [0.15, 0.2) is 54.2 Å². The number of benzene rings is 1. The molecule has 0 bridgehead atoms. The molecule has 1 N–H and O–H groups in total. The van der Waals surface area contributed by atoms with Crippen LogP contribution in [0.25, 0.3) is 21.6 Å². The summed E-state index contributed by atoms with van der Waals surface area (Å²) in [5.41, 5.74) is 3.36. The zero-order valence-corrected chi connectivity index (χ0v) is 14.6. The Morgan fingerprint density at radius 2 is 2.08 bits per heavy atom. The molecule has 0 aliphatic heterocycles. The fourth-order valence-corrected chi connectivity index (χ4v) is 3.53. The van der Waals surface area contributed by atoms with Gasteiger partial charge in [-0.15, -0.1) is 11.3 Å². The highest BCUT2D eigenvalue weighted by Gasteiger charge is 2.16. The van der Waals surface area contributed by atoms with Gasteiger partial charge in [0.15, 0.2) is 0 Å². The first-order valence-corrected chi connectivity index (χ1v) is 8.71. The van der Waals surface area contributed by atoms with Crippen molar-refractivity contribution in [3.8, 4) is 16.6 Å². The van der Waals surface area contributed by atoms with Crippen molar-refractivity contribution < 1.29 is 4.79 Å². The van der Waals surface area contributed by atoms with Crippen LogP contribution in [-0.4, -0.2) is 20.4 Å². The molecule has 26 heavy (non-hydrogen) atoms. The summed E-state index contributed by atoms with van der Waals surface area (Å²) >= 11 is 1.42. The first-order valence-electron chi connectivity index (χ1n) is 7.83. The van der Waals surface area contributed by atoms with Crippen LogP contribution in [0.4, 0.5) is 5.69 Å². The highest BCUT2D eigenvalue weighted by molar-refractivity contribution is 7.13. The van der Waals surface area contributed by atoms with Crippen molar-refractivity contribution in [2.75, 3.05) is 5.32 Å². The Hall–Kier alpha value is -3.50. The van der Waals surface area contributed by atoms with Gasteiger partial charge in [-0.25, -0.2) is 9.97 Å². The van der Waals surface area contributed by atoms with Gasteiger partial charge in [0.05, 0.1) is 11.6 Å². The van der Waals surface area contributed by atoms with E-state index in [1.54, 1.807) is 35.8 Å². The lowest BCUT2D eigenvalue weighted by molar-refractivity contribution is 0.102. The van der Waals surface area contributed by atoms with E-state index in [1.807, 2.05) is 36.0 Å². The molecule has 0 saturated carbocycles. The monoisotopic (exact) mass is 359 g/mol. The highest BCUT2D eigenvalue weighted by Crippen LogP contribution is 2.31. The van der Waals surface area contributed by atoms with E-state index in [9.17, 15) is 4.79 Å². The normalized spacial score (nSPS) is 10.6. The predicted octanol–water partition coefficient (Wildman–Crippen LogP) is 3.82. The van der Waals surface area contributed by atoms with Gasteiger partial charge in [-0.05, 0) is 36.4 Å². The van der Waals surface area contributed by atoms with E-state index in [1.165, 1.54) is 11.3 Å². The number of amides is 1. The van der Waals surface area contributed by atoms with E-state index in [2.05, 4.69) is 15.3 Å². The second-order valence-corrected chi connectivity index (χ2v) is 6.57. The average molecular weight is 359 g/mol. The Bertz CT molecular complexity index is 1150. The number of nitrogens with one attached hydrogen (secondary N) is 1. The van der Waals surface area contributed by atoms with E-state index >= 15 is 0 Å². The number of carbonyl (C=O) groups excluding carboxylic acids is 1. The number of hydrogen-bond acceptors (Lipinski definition) is 5. The zero-order valence-electron chi connectivity index (χ0n) is 13.8. The van der Waals surface area contributed by atoms with Crippen molar-refractivity contribution in [2.24, 2.45) is 7.05 Å². The highest BCUT2D eigenvalue weighted by atomic mass is 32.1. The summed E-state index contributed by atoms with van der Waals surface area (Å²) in [6.45, 7) is 0. The summed E-state index contributed by atoms with van der Waals surface area (Å²) in [5, 5.41) is 15.1. The average Bonchev–Trinajstić information content (AvgIpc) is 3.28. The van der Waals surface area contributed by atoms with E-state index < -0.39 is 0 Å². The molecular formula is C19H13N5OS. The summed E-state index contributed by atoms with van der Waals surface area (Å²) < 4.78 is 1.95. The van der Waals surface area contributed by atoms with E-state index in [4.69, 9.17) is 5.26 Å². The van der Waals surface area contributed by atoms with E-state index in [0.717, 1.165) is 21.6 Å². The SMILES string of the molecule is Cn1cc(-c2nc(C(=O)Nc3ccc(C#N)cc3)cs2)c2cccnc21. The second kappa shape index (κ2) is 6.43. The smallest absolute Gasteiger partial charge is 0.275 e. The fraction of sp³-hybridized carbons (Fsp3) is 0.0526. The lowest BCUT2D eigenvalue weighted by Gasteiger charge is -2.02. The van der Waals surface area contributed by atoms with Crippen molar-refractivity contribution >= 4 is 34.0 Å². The molecule has 0 fully saturated rings. The topological polar surface area (TPSA) is 83.6 Å². The summed E-state index contributed by atoms with van der Waals surface area (Å²) in [5.74, 6) is -0.282. The number of aryl methyl sites for hydroxylation is 1. The number of fused-ring (bicyclic) bond motifs is 1. The molecule has 3 aromatic heterocycles. The van der Waals surface area contributed by atoms with Gasteiger partial charge in [-0.1, -0.05) is 0 Å². The molecule has 0 unspecified atom stereocenters. The van der Waals surface area contributed by atoms with Gasteiger partial charge in [0.2, 0.25) is 0 Å². The third-order valence-corrected chi connectivity index (χ3v) is 4.85. The summed E-state index contributed by atoms with van der Waals surface area (Å²) in [4.78, 5) is 21.3. The summed E-state index contributed by atoms with van der Waals surface area (Å²) in [7, 11) is 1.94. The van der Waals surface area contributed by atoms with Gasteiger partial charge in [0, 0.05) is 41.5 Å². The summed E-state index contributed by atoms with van der Waals surface area (Å²) in [6.07, 6.45) is 3.73. The number of anilines is 1. The minimum atomic E-state index is -0.282. The molecule has 6 nitrogen and oxygen atoms in total. The Kier molecular flexibility index (Phi) is 3.95. The van der Waals surface area contributed by atoms with Crippen molar-refractivity contribution in [2.45, 2.75) is 0 Å². The predicted molar refractivity (Wildman–Crippen MR) is 101 cm³/mol. The molecule has 7 heteroatoms. The molecule has 4 rings (SSSR count). The third kappa shape index (κ3) is 2.83. The number of nitrogens with zero attached hydrogens (tertiary/aromatic N) is 4. The largest absolute Gasteiger partial charge is 0.335 e. The molecule has 4 aromatic rings. The van der Waals surface area contributed by atoms with Crippen LogP contribution in [0.1, 0.15) is 16.1 Å². The molecule has 0 saturated heterocycles. The van der Waals surface area contributed by atoms with Crippen molar-refractivity contribution in [3.05, 3.63) is 65.4 Å². The molecular weight excluding hydrogens is 346 g/mol. The molecule has 1 aromatic carbocycles. The second-order valence-electron chi connectivity index (χ2n) is 5.71. The van der Waals surface area contributed by atoms with Crippen LogP contribution in [0.5, 0.6) is 0 Å². The zero-order chi connectivity index (χ0) is 18.1. The molecule has 0 aliphatic rings. The molecule has 3 heterocycles. The fourth-order valence-electron chi connectivity index (χ4n) is 2.71. The molecule has 0 radical (unpaired) electrons. The maximum Gasteiger partial charge on any atom is 0.275 e. The van der Waals surface area contributed by atoms with Crippen LogP contribution in [0, 0.1) is 11.3 Å². The van der Waals surface area contributed by atoms with Crippen molar-refractivity contribution in [3.63, 3.8) is 0 Å². The van der Waals surface area contributed by atoms with Crippen LogP contribution in [-0.2, 0) is 7.05 Å². The van der Waals surface area contributed by atoms with Crippen molar-refractivity contribution in [1.29, 1.82) is 5.26 Å². The van der Waals surface area contributed by atoms with Crippen LogP contribution < -0.4 is 5.32 Å². The first-order chi connectivity index (χ1) is 12.7. The Morgan fingerprint density at radius 3 is 2.85 bits per heavy atom. The Morgan fingerprint density at radius 1 is 1.27 bits per heavy atom. The van der Waals surface area contributed by atoms with E-state index in [0.29, 0.717) is 16.9 Å². The number of nitriles is 1. The maximum absolute atomic E-state index is 12.4. The molecule has 1 amide bonds. The number of thiazole rings is 1. The number of carbonyl (C=O) groups is 1. The Labute approximate surface area is 153 Å². The summed E-state index contributed by atoms with van der Waals surface area (Å²) in [6, 6.07) is 12.6. The quantitative estimate of drug-likeness (QED) is 0.603. The minimum absolute atomic E-state index is 0.282. The van der Waals surface area contributed by atoms with Gasteiger partial charge in [0.25, 0.3) is 5.91 Å². The lowest BCUT2D eigenvalue weighted by Crippen LogP contribution is -2.12. The van der Waals surface area contributed by atoms with Crippen molar-refractivity contribution in [1.82, 2.24) is 14.5 Å². The van der Waals surface area contributed by atoms with Crippen LogP contribution in [0.3, 0.4) is 0 Å². The van der Waals surface area contributed by atoms with Gasteiger partial charge < -0.3 is 9.88 Å². The van der Waals surface area contributed by atoms with Crippen LogP contribution in [0.2, 0.25) is 0 Å². The number of aromatic nitrogens is 3. The number of pyridine rings is 1. The van der Waals surface area contributed by atoms with Crippen LogP contribution >= 0.6 is 11.3 Å². The van der Waals surface area contributed by atoms with Gasteiger partial charge >= 0.3 is 0 Å². The number of rotatable bonds is 3. The van der Waals surface area contributed by atoms with Gasteiger partial charge in [-0.3, -0.25) is 4.79 Å². The minimum Gasteiger partial charge on any atom is -0.335 e. The van der Waals surface area contributed by atoms with Gasteiger partial charge in [-0.2, -0.15) is 5.26 Å². The Balaban J connectivity index is 1.61. The third-order valence-electron chi connectivity index (χ3n) is 3.97. The lowest BCUT2D eigenvalue weighted by atomic mass is 10.2. The molecule has 0 atom stereocenters. The standard InChI is InChI=1S/C19H13N5OS/c1-24-10-15(14-3-2-8-21-17(14)24)19-23-16(11-26-19)18(25)22-13-6-4-12(9-20)5-7-13/h2-8,10-11H,1H3,(H,22,25). The maximum atomic E-state index is 12.4. The number of hydrogen-bond donors (Lipinski definition) is 1. The first kappa shape index (κ1) is 16.0. The van der Waals surface area contributed by atoms with Gasteiger partial charge in [0.1, 0.15) is 16.3 Å². The van der Waals surface area contributed by atoms with E-state index in [-0.39, 0.29) is 5.91 Å². The molecule has 126 valence electrons.